The van der Waals surface area contributed by atoms with Crippen LogP contribution in [0.1, 0.15) is 18.4 Å². The molecular weight excluding hydrogens is 289 g/mol. The van der Waals surface area contributed by atoms with Gasteiger partial charge in [0.1, 0.15) is 5.82 Å². The van der Waals surface area contributed by atoms with Crippen LogP contribution >= 0.6 is 27.7 Å². The molecule has 0 aliphatic carbocycles. The molecule has 1 aromatic rings. The minimum absolute atomic E-state index is 0.211. The van der Waals surface area contributed by atoms with Gasteiger partial charge >= 0.3 is 0 Å². The van der Waals surface area contributed by atoms with Crippen molar-refractivity contribution in [3.63, 3.8) is 0 Å². The van der Waals surface area contributed by atoms with Gasteiger partial charge in [0.2, 0.25) is 0 Å². The first-order valence-corrected chi connectivity index (χ1v) is 7.52. The first kappa shape index (κ1) is 13.8. The highest BCUT2D eigenvalue weighted by Gasteiger charge is 2.04. The summed E-state index contributed by atoms with van der Waals surface area (Å²) in [4.78, 5) is 0. The van der Waals surface area contributed by atoms with Gasteiger partial charge in [0, 0.05) is 12.2 Å². The standard InChI is InChI=1S/C12H17BrFNS/c1-9-7-10(13)11(14)8-12(9)15-5-3-4-6-16-2/h7-8,15H,3-6H2,1-2H3. The summed E-state index contributed by atoms with van der Waals surface area (Å²) in [6.45, 7) is 2.89. The van der Waals surface area contributed by atoms with E-state index in [0.29, 0.717) is 4.47 Å². The number of anilines is 1. The highest BCUT2D eigenvalue weighted by atomic mass is 79.9. The monoisotopic (exact) mass is 305 g/mol. The van der Waals surface area contributed by atoms with E-state index in [1.54, 1.807) is 12.1 Å². The van der Waals surface area contributed by atoms with Crippen molar-refractivity contribution in [1.29, 1.82) is 0 Å². The molecule has 0 fully saturated rings. The Hall–Kier alpha value is -0.220. The average molecular weight is 306 g/mol. The van der Waals surface area contributed by atoms with Crippen molar-refractivity contribution in [2.75, 3.05) is 23.9 Å². The summed E-state index contributed by atoms with van der Waals surface area (Å²) in [5.41, 5.74) is 1.96. The van der Waals surface area contributed by atoms with Crippen LogP contribution in [0.3, 0.4) is 0 Å². The van der Waals surface area contributed by atoms with Gasteiger partial charge in [-0.2, -0.15) is 11.8 Å². The Morgan fingerprint density at radius 1 is 1.38 bits per heavy atom. The Bertz CT molecular complexity index is 344. The molecule has 0 saturated heterocycles. The highest BCUT2D eigenvalue weighted by Crippen LogP contribution is 2.23. The Labute approximate surface area is 109 Å². The molecule has 0 radical (unpaired) electrons. The second kappa shape index (κ2) is 7.17. The fraction of sp³-hybridized carbons (Fsp3) is 0.500. The largest absolute Gasteiger partial charge is 0.385 e. The van der Waals surface area contributed by atoms with Crippen LogP contribution in [0.5, 0.6) is 0 Å². The maximum atomic E-state index is 13.3. The second-order valence-corrected chi connectivity index (χ2v) is 5.55. The smallest absolute Gasteiger partial charge is 0.139 e. The summed E-state index contributed by atoms with van der Waals surface area (Å²) in [5.74, 6) is 0.979. The summed E-state index contributed by atoms with van der Waals surface area (Å²) in [5, 5.41) is 3.27. The molecule has 0 bridgehead atoms. The van der Waals surface area contributed by atoms with Crippen molar-refractivity contribution in [3.05, 3.63) is 28.0 Å². The Kier molecular flexibility index (Phi) is 6.21. The van der Waals surface area contributed by atoms with Gasteiger partial charge in [0.05, 0.1) is 4.47 Å². The number of nitrogens with one attached hydrogen (secondary N) is 1. The summed E-state index contributed by atoms with van der Waals surface area (Å²) in [6, 6.07) is 3.35. The quantitative estimate of drug-likeness (QED) is 0.779. The zero-order valence-corrected chi connectivity index (χ0v) is 12.0. The van der Waals surface area contributed by atoms with Crippen LogP contribution in [-0.2, 0) is 0 Å². The van der Waals surface area contributed by atoms with Crippen LogP contribution in [-0.4, -0.2) is 18.6 Å². The van der Waals surface area contributed by atoms with Crippen LogP contribution in [0.4, 0.5) is 10.1 Å². The molecule has 90 valence electrons. The number of hydrogen-bond acceptors (Lipinski definition) is 2. The van der Waals surface area contributed by atoms with Crippen molar-refractivity contribution in [3.8, 4) is 0 Å². The van der Waals surface area contributed by atoms with E-state index in [9.17, 15) is 4.39 Å². The predicted molar refractivity (Wildman–Crippen MR) is 74.9 cm³/mol. The number of rotatable bonds is 6. The summed E-state index contributed by atoms with van der Waals surface area (Å²) in [6.07, 6.45) is 4.44. The van der Waals surface area contributed by atoms with E-state index in [1.165, 1.54) is 12.2 Å². The van der Waals surface area contributed by atoms with Crippen LogP contribution in [0.2, 0.25) is 0 Å². The first-order chi connectivity index (χ1) is 7.65. The Balaban J connectivity index is 2.45. The lowest BCUT2D eigenvalue weighted by atomic mass is 10.2. The summed E-state index contributed by atoms with van der Waals surface area (Å²) in [7, 11) is 0. The molecule has 1 rings (SSSR count). The van der Waals surface area contributed by atoms with E-state index in [4.69, 9.17) is 0 Å². The Morgan fingerprint density at radius 3 is 2.81 bits per heavy atom. The normalized spacial score (nSPS) is 10.5. The van der Waals surface area contributed by atoms with Gasteiger partial charge in [0.15, 0.2) is 0 Å². The topological polar surface area (TPSA) is 12.0 Å². The molecule has 0 unspecified atom stereocenters. The number of thioether (sulfide) groups is 1. The van der Waals surface area contributed by atoms with Crippen LogP contribution in [0, 0.1) is 12.7 Å². The molecule has 1 nitrogen and oxygen atoms in total. The van der Waals surface area contributed by atoms with E-state index in [0.717, 1.165) is 24.2 Å². The van der Waals surface area contributed by atoms with Crippen molar-refractivity contribution in [2.45, 2.75) is 19.8 Å². The maximum absolute atomic E-state index is 13.3. The van der Waals surface area contributed by atoms with Crippen LogP contribution < -0.4 is 5.32 Å². The molecule has 0 amide bonds. The molecule has 0 saturated carbocycles. The van der Waals surface area contributed by atoms with E-state index < -0.39 is 0 Å². The van der Waals surface area contributed by atoms with Gasteiger partial charge in [-0.3, -0.25) is 0 Å². The number of benzene rings is 1. The van der Waals surface area contributed by atoms with Crippen molar-refractivity contribution < 1.29 is 4.39 Å². The maximum Gasteiger partial charge on any atom is 0.139 e. The summed E-state index contributed by atoms with van der Waals surface area (Å²) < 4.78 is 13.8. The van der Waals surface area contributed by atoms with E-state index >= 15 is 0 Å². The number of unbranched alkanes of at least 4 members (excludes halogenated alkanes) is 1. The number of halogens is 2. The third kappa shape index (κ3) is 4.34. The fourth-order valence-electron chi connectivity index (χ4n) is 1.43. The molecule has 0 aromatic heterocycles. The average Bonchev–Trinajstić information content (AvgIpc) is 2.25. The lowest BCUT2D eigenvalue weighted by Gasteiger charge is -2.10. The molecule has 0 heterocycles. The van der Waals surface area contributed by atoms with Gasteiger partial charge < -0.3 is 5.32 Å². The molecule has 16 heavy (non-hydrogen) atoms. The lowest BCUT2D eigenvalue weighted by molar-refractivity contribution is 0.621. The SMILES string of the molecule is CSCCCCNc1cc(F)c(Br)cc1C. The fourth-order valence-corrected chi connectivity index (χ4v) is 2.38. The molecule has 1 N–H and O–H groups in total. The first-order valence-electron chi connectivity index (χ1n) is 5.33. The number of aryl methyl sites for hydroxylation is 1. The van der Waals surface area contributed by atoms with E-state index in [-0.39, 0.29) is 5.82 Å². The van der Waals surface area contributed by atoms with Crippen molar-refractivity contribution in [1.82, 2.24) is 0 Å². The predicted octanol–water partition coefficient (Wildman–Crippen LogP) is 4.45. The minimum atomic E-state index is -0.211. The van der Waals surface area contributed by atoms with Gasteiger partial charge in [-0.25, -0.2) is 4.39 Å². The summed E-state index contributed by atoms with van der Waals surface area (Å²) >= 11 is 5.04. The Morgan fingerprint density at radius 2 is 2.12 bits per heavy atom. The van der Waals surface area contributed by atoms with Crippen molar-refractivity contribution >= 4 is 33.4 Å². The lowest BCUT2D eigenvalue weighted by Crippen LogP contribution is -2.04. The third-order valence-electron chi connectivity index (χ3n) is 2.36. The second-order valence-electron chi connectivity index (χ2n) is 3.71. The molecule has 1 aromatic carbocycles. The molecular formula is C12H17BrFNS. The third-order valence-corrected chi connectivity index (χ3v) is 3.66. The van der Waals surface area contributed by atoms with Gasteiger partial charge in [-0.05, 0) is 65.4 Å². The molecule has 0 atom stereocenters. The van der Waals surface area contributed by atoms with E-state index in [1.807, 2.05) is 18.7 Å². The zero-order chi connectivity index (χ0) is 12.0. The van der Waals surface area contributed by atoms with Crippen LogP contribution in [0.25, 0.3) is 0 Å². The molecule has 4 heteroatoms. The number of hydrogen-bond donors (Lipinski definition) is 1. The highest BCUT2D eigenvalue weighted by molar-refractivity contribution is 9.10. The van der Waals surface area contributed by atoms with Gasteiger partial charge in [0.25, 0.3) is 0 Å². The van der Waals surface area contributed by atoms with Crippen LogP contribution in [0.15, 0.2) is 16.6 Å². The molecule has 0 spiro atoms. The zero-order valence-electron chi connectivity index (χ0n) is 9.65. The molecule has 0 aliphatic heterocycles. The minimum Gasteiger partial charge on any atom is -0.385 e. The van der Waals surface area contributed by atoms with Gasteiger partial charge in [-0.15, -0.1) is 0 Å². The van der Waals surface area contributed by atoms with E-state index in [2.05, 4.69) is 27.5 Å². The van der Waals surface area contributed by atoms with Gasteiger partial charge in [-0.1, -0.05) is 0 Å². The van der Waals surface area contributed by atoms with Crippen molar-refractivity contribution in [2.24, 2.45) is 0 Å². The molecule has 0 aliphatic rings.